The van der Waals surface area contributed by atoms with Crippen LogP contribution in [0.3, 0.4) is 0 Å². The molecule has 280 valence electrons. The van der Waals surface area contributed by atoms with Crippen molar-refractivity contribution in [1.29, 1.82) is 5.26 Å². The summed E-state index contributed by atoms with van der Waals surface area (Å²) in [6.45, 7) is 11.5. The summed E-state index contributed by atoms with van der Waals surface area (Å²) < 4.78 is 49.9. The van der Waals surface area contributed by atoms with Gasteiger partial charge in [-0.2, -0.15) is 15.2 Å². The van der Waals surface area contributed by atoms with Crippen molar-refractivity contribution < 1.29 is 22.7 Å². The van der Waals surface area contributed by atoms with Gasteiger partial charge < -0.3 is 20.3 Å². The molecule has 0 bridgehead atoms. The number of rotatable bonds is 6. The number of nitriles is 1. The van der Waals surface area contributed by atoms with E-state index in [1.165, 1.54) is 12.1 Å². The molecule has 1 amide bonds. The van der Waals surface area contributed by atoms with Gasteiger partial charge in [0.2, 0.25) is 5.91 Å². The topological polar surface area (TPSA) is 112 Å². The maximum absolute atomic E-state index is 17.1. The number of allylic oxidation sites excluding steroid dienone is 1. The number of carbonyl (C=O) groups is 1. The van der Waals surface area contributed by atoms with E-state index in [0.717, 1.165) is 69.4 Å². The van der Waals surface area contributed by atoms with E-state index >= 15 is 4.39 Å². The SMILES string of the molecule is C=C(F)CC.CC(=O)N1CC2(CCCCN(c3nc(OCC45CCCN4CCC5)nc4c(F)c(-c5ccc(F)c6sc(N)c(C#N)c56)c(Cl)cc34)C2)C1. The molecule has 4 fully saturated rings. The van der Waals surface area contributed by atoms with Crippen molar-refractivity contribution in [1.82, 2.24) is 19.8 Å². The van der Waals surface area contributed by atoms with E-state index in [0.29, 0.717) is 50.4 Å². The molecule has 0 aliphatic carbocycles. The van der Waals surface area contributed by atoms with Crippen LogP contribution in [0.2, 0.25) is 5.02 Å². The van der Waals surface area contributed by atoms with Crippen LogP contribution in [0.1, 0.15) is 70.8 Å². The molecular weight excluding hydrogens is 723 g/mol. The number of aromatic nitrogens is 2. The number of halogens is 4. The van der Waals surface area contributed by atoms with Gasteiger partial charge in [0.1, 0.15) is 34.8 Å². The van der Waals surface area contributed by atoms with E-state index in [4.69, 9.17) is 27.1 Å². The van der Waals surface area contributed by atoms with E-state index in [9.17, 15) is 18.8 Å². The minimum atomic E-state index is -0.704. The molecule has 0 atom stereocenters. The lowest BCUT2D eigenvalue weighted by molar-refractivity contribution is -0.140. The standard InChI is InChI=1S/C35H36ClF2N7O2S.C4H7F/c1-20(46)44-17-34(18-44)8-2-3-11-43(16-34)32-22-14-24(36)27(21-6-7-25(37)30-26(21)23(15-39)31(40)48-30)28(38)29(22)41-33(42-32)47-19-35-9-4-12-45(35)13-5-10-35;1-3-4(2)5/h6-7,14H,2-5,8-13,16-19,40H2,1H3;2-3H2,1H3. The van der Waals surface area contributed by atoms with E-state index < -0.39 is 11.6 Å². The molecule has 2 aromatic carbocycles. The molecule has 14 heteroatoms. The zero-order valence-electron chi connectivity index (χ0n) is 30.0. The molecular formula is C39H43ClF3N7O2S. The largest absolute Gasteiger partial charge is 0.461 e. The maximum atomic E-state index is 17.1. The van der Waals surface area contributed by atoms with E-state index in [-0.39, 0.29) is 71.0 Å². The molecule has 2 N–H and O–H groups in total. The lowest BCUT2D eigenvalue weighted by atomic mass is 9.76. The maximum Gasteiger partial charge on any atom is 0.319 e. The Bertz CT molecular complexity index is 2140. The smallest absolute Gasteiger partial charge is 0.319 e. The highest BCUT2D eigenvalue weighted by Gasteiger charge is 2.47. The number of benzene rings is 2. The van der Waals surface area contributed by atoms with Crippen molar-refractivity contribution in [3.05, 3.63) is 52.8 Å². The van der Waals surface area contributed by atoms with Crippen molar-refractivity contribution in [3.63, 3.8) is 0 Å². The summed E-state index contributed by atoms with van der Waals surface area (Å²) in [4.78, 5) is 28.3. The second-order valence-electron chi connectivity index (χ2n) is 14.9. The Hall–Kier alpha value is -4.12. The van der Waals surface area contributed by atoms with Crippen LogP contribution in [0.15, 0.2) is 30.6 Å². The molecule has 4 aliphatic heterocycles. The first-order chi connectivity index (χ1) is 25.4. The minimum absolute atomic E-state index is 0.0128. The molecule has 4 aromatic rings. The van der Waals surface area contributed by atoms with Gasteiger partial charge in [0, 0.05) is 54.9 Å². The summed E-state index contributed by atoms with van der Waals surface area (Å²) in [5, 5.41) is 10.8. The molecule has 1 spiro atoms. The predicted octanol–water partition coefficient (Wildman–Crippen LogP) is 8.62. The first-order valence-corrected chi connectivity index (χ1v) is 19.4. The Kier molecular flexibility index (Phi) is 10.3. The molecule has 9 nitrogen and oxygen atoms in total. The highest BCUT2D eigenvalue weighted by atomic mass is 35.5. The number of nitrogen functional groups attached to an aromatic ring is 1. The first kappa shape index (κ1) is 37.2. The van der Waals surface area contributed by atoms with Crippen LogP contribution in [0.5, 0.6) is 6.01 Å². The quantitative estimate of drug-likeness (QED) is 0.208. The first-order valence-electron chi connectivity index (χ1n) is 18.2. The lowest BCUT2D eigenvalue weighted by Gasteiger charge is -2.51. The molecule has 53 heavy (non-hydrogen) atoms. The average Bonchev–Trinajstić information content (AvgIpc) is 3.74. The van der Waals surface area contributed by atoms with E-state index in [1.807, 2.05) is 4.90 Å². The van der Waals surface area contributed by atoms with Crippen LogP contribution in [0.4, 0.5) is 24.0 Å². The normalized spacial score (nSPS) is 19.0. The van der Waals surface area contributed by atoms with Gasteiger partial charge >= 0.3 is 6.01 Å². The van der Waals surface area contributed by atoms with Gasteiger partial charge in [0.15, 0.2) is 5.82 Å². The molecule has 0 radical (unpaired) electrons. The number of amides is 1. The summed E-state index contributed by atoms with van der Waals surface area (Å²) in [5.41, 5.74) is 6.35. The summed E-state index contributed by atoms with van der Waals surface area (Å²) in [6, 6.07) is 6.50. The van der Waals surface area contributed by atoms with Crippen LogP contribution in [0.25, 0.3) is 32.1 Å². The third kappa shape index (κ3) is 6.78. The second-order valence-corrected chi connectivity index (χ2v) is 16.3. The number of anilines is 2. The molecule has 0 saturated carbocycles. The fourth-order valence-electron chi connectivity index (χ4n) is 8.67. The van der Waals surface area contributed by atoms with Gasteiger partial charge in [-0.1, -0.05) is 37.6 Å². The molecule has 4 aliphatic rings. The number of hydrogen-bond donors (Lipinski definition) is 1. The van der Waals surface area contributed by atoms with Gasteiger partial charge in [0.25, 0.3) is 0 Å². The van der Waals surface area contributed by atoms with Gasteiger partial charge in [-0.3, -0.25) is 9.69 Å². The summed E-state index contributed by atoms with van der Waals surface area (Å²) >= 11 is 7.87. The molecule has 2 aromatic heterocycles. The lowest BCUT2D eigenvalue weighted by Crippen LogP contribution is -2.61. The molecule has 4 saturated heterocycles. The molecule has 6 heterocycles. The van der Waals surface area contributed by atoms with Gasteiger partial charge in [0.05, 0.1) is 26.7 Å². The Balaban J connectivity index is 0.000000817. The fourth-order valence-corrected chi connectivity index (χ4v) is 9.91. The van der Waals surface area contributed by atoms with Crippen LogP contribution >= 0.6 is 22.9 Å². The number of carbonyl (C=O) groups excluding carboxylic acids is 1. The number of likely N-dealkylation sites (tertiary alicyclic amines) is 1. The number of thiophene rings is 1. The number of hydrogen-bond acceptors (Lipinski definition) is 9. The van der Waals surface area contributed by atoms with Gasteiger partial charge in [-0.05, 0) is 75.7 Å². The van der Waals surface area contributed by atoms with Crippen LogP contribution in [-0.4, -0.2) is 77.1 Å². The number of nitrogens with zero attached hydrogens (tertiary/aromatic N) is 6. The summed E-state index contributed by atoms with van der Waals surface area (Å²) in [5.74, 6) is -0.893. The Labute approximate surface area is 316 Å². The predicted molar refractivity (Wildman–Crippen MR) is 204 cm³/mol. The summed E-state index contributed by atoms with van der Waals surface area (Å²) in [7, 11) is 0. The highest BCUT2D eigenvalue weighted by Crippen LogP contribution is 2.47. The third-order valence-corrected chi connectivity index (χ3v) is 12.7. The second kappa shape index (κ2) is 14.6. The average molecular weight is 766 g/mol. The number of fused-ring (bicyclic) bond motifs is 3. The van der Waals surface area contributed by atoms with Gasteiger partial charge in [-0.15, -0.1) is 11.3 Å². The van der Waals surface area contributed by atoms with Crippen molar-refractivity contribution in [3.8, 4) is 23.2 Å². The fraction of sp³-hybridized carbons (Fsp3) is 0.487. The van der Waals surface area contributed by atoms with Crippen LogP contribution in [-0.2, 0) is 4.79 Å². The van der Waals surface area contributed by atoms with Crippen molar-refractivity contribution in [2.75, 3.05) is 56.5 Å². The zero-order valence-corrected chi connectivity index (χ0v) is 31.6. The number of ether oxygens (including phenoxy) is 1. The van der Waals surface area contributed by atoms with Crippen molar-refractivity contribution >= 4 is 60.7 Å². The van der Waals surface area contributed by atoms with Crippen molar-refractivity contribution in [2.45, 2.75) is 70.8 Å². The van der Waals surface area contributed by atoms with Crippen LogP contribution < -0.4 is 15.4 Å². The number of nitrogens with two attached hydrogens (primary N) is 1. The third-order valence-electron chi connectivity index (χ3n) is 11.4. The van der Waals surface area contributed by atoms with E-state index in [1.54, 1.807) is 19.9 Å². The molecule has 8 rings (SSSR count). The Morgan fingerprint density at radius 2 is 1.83 bits per heavy atom. The monoisotopic (exact) mass is 765 g/mol. The summed E-state index contributed by atoms with van der Waals surface area (Å²) in [6.07, 6.45) is 7.66. The van der Waals surface area contributed by atoms with Crippen molar-refractivity contribution in [2.24, 2.45) is 5.41 Å². The highest BCUT2D eigenvalue weighted by molar-refractivity contribution is 7.23. The minimum Gasteiger partial charge on any atom is -0.461 e. The van der Waals surface area contributed by atoms with E-state index in [2.05, 4.69) is 27.4 Å². The van der Waals surface area contributed by atoms with Crippen LogP contribution in [0, 0.1) is 28.4 Å². The Morgan fingerprint density at radius 1 is 1.11 bits per heavy atom. The van der Waals surface area contributed by atoms with Gasteiger partial charge in [-0.25, -0.2) is 13.2 Å². The Morgan fingerprint density at radius 3 is 2.49 bits per heavy atom. The zero-order chi connectivity index (χ0) is 37.7. The molecule has 0 unspecified atom stereocenters.